The first-order valence-electron chi connectivity index (χ1n) is 12.5. The van der Waals surface area contributed by atoms with E-state index in [1.54, 1.807) is 7.11 Å². The van der Waals surface area contributed by atoms with Gasteiger partial charge in [-0.2, -0.15) is 0 Å². The van der Waals surface area contributed by atoms with Crippen LogP contribution in [0.15, 0.2) is 103 Å². The van der Waals surface area contributed by atoms with Crippen molar-refractivity contribution in [2.24, 2.45) is 5.92 Å². The van der Waals surface area contributed by atoms with Crippen molar-refractivity contribution in [2.45, 2.75) is 46.0 Å². The summed E-state index contributed by atoms with van der Waals surface area (Å²) in [5.74, 6) is 0.718. The fourth-order valence-electron chi connectivity index (χ4n) is 4.89. The van der Waals surface area contributed by atoms with E-state index in [9.17, 15) is 0 Å². The van der Waals surface area contributed by atoms with Gasteiger partial charge in [0.2, 0.25) is 0 Å². The average Bonchev–Trinajstić information content (AvgIpc) is 2.89. The quantitative estimate of drug-likeness (QED) is 0.112. The molecule has 0 saturated heterocycles. The van der Waals surface area contributed by atoms with E-state index in [0.29, 0.717) is 0 Å². The van der Waals surface area contributed by atoms with E-state index in [0.717, 1.165) is 25.4 Å². The van der Waals surface area contributed by atoms with Gasteiger partial charge in [-0.15, -0.1) is 0 Å². The van der Waals surface area contributed by atoms with Gasteiger partial charge >= 0.3 is 221 Å². The molecule has 0 N–H and O–H groups in total. The number of ether oxygens (including phenoxy) is 1. The standard InChI is InChI=1S/C31H40IOP/c1-27(15-13-16-28(2)24-25-33-3)17-14-26-34(32,29-18-7-4-8-19-29,30-20-9-5-10-21-30)31-22-11-6-12-23-31/h4-12,15,18-23,28H,13-14,16-17,24-26H2,1-3H3/b27-15-. The fraction of sp³-hybridized carbons (Fsp3) is 0.355. The zero-order chi connectivity index (χ0) is 24.3. The maximum atomic E-state index is 5.23. The number of methoxy groups -OCH3 is 1. The third-order valence-electron chi connectivity index (χ3n) is 7.00. The van der Waals surface area contributed by atoms with Gasteiger partial charge in [-0.3, -0.25) is 0 Å². The van der Waals surface area contributed by atoms with Crippen molar-refractivity contribution in [2.75, 3.05) is 19.9 Å². The van der Waals surface area contributed by atoms with Crippen molar-refractivity contribution in [1.29, 1.82) is 0 Å². The summed E-state index contributed by atoms with van der Waals surface area (Å²) in [5.41, 5.74) is 1.52. The van der Waals surface area contributed by atoms with Crippen molar-refractivity contribution in [3.05, 3.63) is 103 Å². The van der Waals surface area contributed by atoms with E-state index >= 15 is 0 Å². The SMILES string of the molecule is COCCC(C)CC/C=C(/C)CCCP(I)(c1ccccc1)(c1ccccc1)c1ccccc1. The van der Waals surface area contributed by atoms with Gasteiger partial charge in [0.1, 0.15) is 0 Å². The molecule has 0 spiro atoms. The van der Waals surface area contributed by atoms with E-state index in [-0.39, 0.29) is 0 Å². The molecule has 0 bridgehead atoms. The molecule has 1 atom stereocenters. The Balaban J connectivity index is 1.87. The summed E-state index contributed by atoms with van der Waals surface area (Å²) in [7, 11) is 1.79. The number of halogens is 1. The Bertz CT molecular complexity index is 918. The molecule has 0 saturated carbocycles. The van der Waals surface area contributed by atoms with Gasteiger partial charge in [-0.25, -0.2) is 0 Å². The molecule has 1 nitrogen and oxygen atoms in total. The normalized spacial score (nSPS) is 14.4. The molecule has 0 aromatic heterocycles. The van der Waals surface area contributed by atoms with Crippen LogP contribution < -0.4 is 15.9 Å². The number of allylic oxidation sites excluding steroid dienone is 2. The molecular formula is C31H40IOP. The van der Waals surface area contributed by atoms with Crippen molar-refractivity contribution in [1.82, 2.24) is 0 Å². The number of benzene rings is 3. The van der Waals surface area contributed by atoms with Crippen LogP contribution in [0.2, 0.25) is 0 Å². The van der Waals surface area contributed by atoms with Crippen LogP contribution in [-0.2, 0) is 4.74 Å². The van der Waals surface area contributed by atoms with Crippen LogP contribution in [0.4, 0.5) is 0 Å². The van der Waals surface area contributed by atoms with Crippen molar-refractivity contribution in [3.63, 3.8) is 0 Å². The van der Waals surface area contributed by atoms with E-state index in [4.69, 9.17) is 4.74 Å². The number of hydrogen-bond donors (Lipinski definition) is 0. The van der Waals surface area contributed by atoms with Gasteiger partial charge in [-0.1, -0.05) is 0 Å². The van der Waals surface area contributed by atoms with E-state index in [2.05, 4.69) is 133 Å². The second kappa shape index (κ2) is 13.0. The van der Waals surface area contributed by atoms with Gasteiger partial charge in [0.15, 0.2) is 0 Å². The summed E-state index contributed by atoms with van der Waals surface area (Å²) < 4.78 is 2.59. The number of hydrogen-bond acceptors (Lipinski definition) is 1. The maximum absolute atomic E-state index is 5.23. The Morgan fingerprint density at radius 2 is 1.29 bits per heavy atom. The topological polar surface area (TPSA) is 9.23 Å². The predicted octanol–water partition coefficient (Wildman–Crippen LogP) is 8.05. The molecule has 3 rings (SSSR count). The first kappa shape index (κ1) is 27.1. The minimum absolute atomic E-state index is 0.718. The Morgan fingerprint density at radius 3 is 1.74 bits per heavy atom. The van der Waals surface area contributed by atoms with Crippen LogP contribution in [0.1, 0.15) is 46.0 Å². The molecule has 0 aliphatic carbocycles. The summed E-state index contributed by atoms with van der Waals surface area (Å²) >= 11 is 2.90. The van der Waals surface area contributed by atoms with Crippen LogP contribution in [0.25, 0.3) is 0 Å². The molecule has 0 aliphatic rings. The van der Waals surface area contributed by atoms with Crippen LogP contribution in [0, 0.1) is 5.92 Å². The molecule has 3 aromatic rings. The molecule has 0 aliphatic heterocycles. The molecule has 0 radical (unpaired) electrons. The molecule has 0 amide bonds. The monoisotopic (exact) mass is 586 g/mol. The van der Waals surface area contributed by atoms with E-state index < -0.39 is 4.25 Å². The zero-order valence-electron chi connectivity index (χ0n) is 21.0. The summed E-state index contributed by atoms with van der Waals surface area (Å²) in [6.07, 6.45) is 9.53. The fourth-order valence-corrected chi connectivity index (χ4v) is 13.6. The van der Waals surface area contributed by atoms with Gasteiger partial charge < -0.3 is 0 Å². The molecule has 182 valence electrons. The van der Waals surface area contributed by atoms with Crippen LogP contribution in [0.5, 0.6) is 0 Å². The predicted molar refractivity (Wildman–Crippen MR) is 162 cm³/mol. The summed E-state index contributed by atoms with van der Waals surface area (Å²) in [6.45, 7) is 5.52. The molecular weight excluding hydrogens is 546 g/mol. The second-order valence-corrected chi connectivity index (χ2v) is 20.3. The molecule has 3 aromatic carbocycles. The third-order valence-corrected chi connectivity index (χ3v) is 18.7. The first-order valence-corrected chi connectivity index (χ1v) is 17.7. The molecule has 34 heavy (non-hydrogen) atoms. The molecule has 1 unspecified atom stereocenters. The van der Waals surface area contributed by atoms with Gasteiger partial charge in [0, 0.05) is 0 Å². The summed E-state index contributed by atoms with van der Waals surface area (Å²) in [6, 6.07) is 33.8. The van der Waals surface area contributed by atoms with E-state index in [1.165, 1.54) is 46.9 Å². The van der Waals surface area contributed by atoms with Crippen LogP contribution >= 0.6 is 26.3 Å². The minimum atomic E-state index is -2.64. The Hall–Kier alpha value is -1.48. The molecule has 3 heteroatoms. The van der Waals surface area contributed by atoms with Gasteiger partial charge in [0.25, 0.3) is 0 Å². The van der Waals surface area contributed by atoms with Crippen LogP contribution in [0.3, 0.4) is 0 Å². The third kappa shape index (κ3) is 6.39. The van der Waals surface area contributed by atoms with Gasteiger partial charge in [-0.05, 0) is 0 Å². The molecule has 0 heterocycles. The Labute approximate surface area is 220 Å². The van der Waals surface area contributed by atoms with Crippen molar-refractivity contribution in [3.8, 4) is 0 Å². The van der Waals surface area contributed by atoms with Crippen LogP contribution in [-0.4, -0.2) is 19.9 Å². The Kier molecular flexibility index (Phi) is 10.4. The first-order chi connectivity index (χ1) is 16.5. The van der Waals surface area contributed by atoms with E-state index in [1.807, 2.05) is 0 Å². The van der Waals surface area contributed by atoms with Crippen molar-refractivity contribution >= 4 is 42.2 Å². The molecule has 0 fully saturated rings. The van der Waals surface area contributed by atoms with Crippen molar-refractivity contribution < 1.29 is 4.74 Å². The Morgan fingerprint density at radius 1 is 0.824 bits per heavy atom. The average molecular weight is 587 g/mol. The number of rotatable bonds is 13. The zero-order valence-corrected chi connectivity index (χ0v) is 24.1. The van der Waals surface area contributed by atoms with Gasteiger partial charge in [0.05, 0.1) is 0 Å². The summed E-state index contributed by atoms with van der Waals surface area (Å²) in [4.78, 5) is 0. The second-order valence-electron chi connectivity index (χ2n) is 9.53. The summed E-state index contributed by atoms with van der Waals surface area (Å²) in [5, 5.41) is 4.42.